The first-order valence-electron chi connectivity index (χ1n) is 6.64. The van der Waals surface area contributed by atoms with Crippen LogP contribution >= 0.6 is 11.3 Å². The highest BCUT2D eigenvalue weighted by Gasteiger charge is 2.17. The molecule has 0 aliphatic rings. The number of hydrogen-bond donors (Lipinski definition) is 0. The maximum atomic E-state index is 8.95. The first kappa shape index (κ1) is 14.7. The zero-order chi connectivity index (χ0) is 14.7. The lowest BCUT2D eigenvalue weighted by Crippen LogP contribution is -2.22. The number of nitrogens with zero attached hydrogens (tertiary/aromatic N) is 3. The van der Waals surface area contributed by atoms with E-state index in [0.717, 1.165) is 22.8 Å². The van der Waals surface area contributed by atoms with Crippen LogP contribution in [0.2, 0.25) is 0 Å². The van der Waals surface area contributed by atoms with Crippen molar-refractivity contribution in [3.63, 3.8) is 0 Å². The lowest BCUT2D eigenvalue weighted by Gasteiger charge is -2.24. The van der Waals surface area contributed by atoms with Gasteiger partial charge >= 0.3 is 0 Å². The molecule has 0 N–H and O–H groups in total. The largest absolute Gasteiger partial charge is 0.294 e. The van der Waals surface area contributed by atoms with Crippen molar-refractivity contribution in [2.45, 2.75) is 33.4 Å². The monoisotopic (exact) mass is 285 g/mol. The van der Waals surface area contributed by atoms with E-state index in [9.17, 15) is 0 Å². The molecule has 0 spiro atoms. The Morgan fingerprint density at radius 1 is 1.40 bits per heavy atom. The van der Waals surface area contributed by atoms with E-state index in [-0.39, 0.29) is 6.04 Å². The minimum Gasteiger partial charge on any atom is -0.294 e. The molecule has 0 fully saturated rings. The summed E-state index contributed by atoms with van der Waals surface area (Å²) in [5, 5.41) is 10.1. The molecule has 0 saturated carbocycles. The molecule has 0 unspecified atom stereocenters. The van der Waals surface area contributed by atoms with Crippen molar-refractivity contribution in [2.24, 2.45) is 0 Å². The molecular formula is C16H19N3S. The van der Waals surface area contributed by atoms with Crippen molar-refractivity contribution in [3.05, 3.63) is 51.0 Å². The van der Waals surface area contributed by atoms with Crippen molar-refractivity contribution < 1.29 is 0 Å². The molecule has 0 bridgehead atoms. The van der Waals surface area contributed by atoms with E-state index in [1.807, 2.05) is 25.1 Å². The lowest BCUT2D eigenvalue weighted by molar-refractivity contribution is 0.248. The Balaban J connectivity index is 2.13. The molecule has 1 aromatic carbocycles. The number of aromatic nitrogens is 1. The molecule has 0 radical (unpaired) electrons. The van der Waals surface area contributed by atoms with Gasteiger partial charge in [0.2, 0.25) is 0 Å². The van der Waals surface area contributed by atoms with Gasteiger partial charge in [0.15, 0.2) is 0 Å². The summed E-state index contributed by atoms with van der Waals surface area (Å²) in [6.45, 7) is 7.16. The van der Waals surface area contributed by atoms with Crippen LogP contribution in [0.3, 0.4) is 0 Å². The number of thiazole rings is 1. The highest BCUT2D eigenvalue weighted by atomic mass is 32.1. The quantitative estimate of drug-likeness (QED) is 0.857. The summed E-state index contributed by atoms with van der Waals surface area (Å²) in [6, 6.07) is 10.2. The predicted molar refractivity (Wildman–Crippen MR) is 82.6 cm³/mol. The molecule has 1 atom stereocenters. The van der Waals surface area contributed by atoms with Crippen molar-refractivity contribution in [1.82, 2.24) is 9.88 Å². The molecule has 4 heteroatoms. The molecule has 2 rings (SSSR count). The molecule has 1 heterocycles. The van der Waals surface area contributed by atoms with Gasteiger partial charge in [0.1, 0.15) is 0 Å². The maximum Gasteiger partial charge on any atom is 0.0991 e. The zero-order valence-corrected chi connectivity index (χ0v) is 13.2. The molecule has 3 nitrogen and oxygen atoms in total. The van der Waals surface area contributed by atoms with Gasteiger partial charge in [0.05, 0.1) is 28.4 Å². The van der Waals surface area contributed by atoms with Crippen molar-refractivity contribution >= 4 is 11.3 Å². The summed E-state index contributed by atoms with van der Waals surface area (Å²) < 4.78 is 0. The zero-order valence-electron chi connectivity index (χ0n) is 12.3. The normalized spacial score (nSPS) is 12.4. The van der Waals surface area contributed by atoms with Crippen molar-refractivity contribution in [2.75, 3.05) is 7.05 Å². The maximum absolute atomic E-state index is 8.95. The summed E-state index contributed by atoms with van der Waals surface area (Å²) in [6.07, 6.45) is 0. The first-order chi connectivity index (χ1) is 9.51. The van der Waals surface area contributed by atoms with E-state index in [0.29, 0.717) is 5.56 Å². The fourth-order valence-corrected chi connectivity index (χ4v) is 3.21. The van der Waals surface area contributed by atoms with Gasteiger partial charge in [-0.25, -0.2) is 4.98 Å². The summed E-state index contributed by atoms with van der Waals surface area (Å²) >= 11 is 1.75. The Bertz CT molecular complexity index is 639. The third kappa shape index (κ3) is 3.24. The van der Waals surface area contributed by atoms with Crippen LogP contribution in [0.1, 0.15) is 39.7 Å². The summed E-state index contributed by atoms with van der Waals surface area (Å²) in [7, 11) is 2.10. The minimum atomic E-state index is 0.269. The number of benzene rings is 1. The van der Waals surface area contributed by atoms with Gasteiger partial charge in [-0.15, -0.1) is 11.3 Å². The lowest BCUT2D eigenvalue weighted by atomic mass is 10.1. The van der Waals surface area contributed by atoms with Crippen LogP contribution in [0.5, 0.6) is 0 Å². The van der Waals surface area contributed by atoms with Crippen molar-refractivity contribution in [1.29, 1.82) is 5.26 Å². The second-order valence-electron chi connectivity index (χ2n) is 5.08. The fraction of sp³-hybridized carbons (Fsp3) is 0.375. The van der Waals surface area contributed by atoms with Crippen molar-refractivity contribution in [3.8, 4) is 6.07 Å². The molecule has 0 aliphatic carbocycles. The Kier molecular flexibility index (Phi) is 4.53. The van der Waals surface area contributed by atoms with E-state index in [1.54, 1.807) is 11.3 Å². The van der Waals surface area contributed by atoms with Gasteiger partial charge in [-0.1, -0.05) is 12.1 Å². The Morgan fingerprint density at radius 2 is 2.15 bits per heavy atom. The third-order valence-electron chi connectivity index (χ3n) is 3.48. The molecule has 104 valence electrons. The van der Waals surface area contributed by atoms with Crippen LogP contribution < -0.4 is 0 Å². The number of hydrogen-bond acceptors (Lipinski definition) is 4. The second kappa shape index (κ2) is 6.17. The third-order valence-corrected chi connectivity index (χ3v) is 4.39. The van der Waals surface area contributed by atoms with E-state index in [1.165, 1.54) is 4.88 Å². The van der Waals surface area contributed by atoms with Crippen LogP contribution in [0.15, 0.2) is 24.3 Å². The van der Waals surface area contributed by atoms with Gasteiger partial charge in [0, 0.05) is 11.4 Å². The number of rotatable bonds is 4. The number of aryl methyl sites for hydroxylation is 2. The van der Waals surface area contributed by atoms with E-state index < -0.39 is 0 Å². The molecule has 1 aromatic heterocycles. The van der Waals surface area contributed by atoms with Crippen LogP contribution in [-0.4, -0.2) is 16.9 Å². The molecule has 0 amide bonds. The highest BCUT2D eigenvalue weighted by Crippen LogP contribution is 2.26. The van der Waals surface area contributed by atoms with Crippen LogP contribution in [0, 0.1) is 25.2 Å². The smallest absolute Gasteiger partial charge is 0.0991 e. The summed E-state index contributed by atoms with van der Waals surface area (Å²) in [5.74, 6) is 0. The van der Waals surface area contributed by atoms with Gasteiger partial charge < -0.3 is 0 Å². The molecular weight excluding hydrogens is 266 g/mol. The Hall–Kier alpha value is -1.70. The van der Waals surface area contributed by atoms with Gasteiger partial charge in [0.25, 0.3) is 0 Å². The van der Waals surface area contributed by atoms with Crippen LogP contribution in [0.4, 0.5) is 0 Å². The topological polar surface area (TPSA) is 39.9 Å². The Morgan fingerprint density at radius 3 is 2.75 bits per heavy atom. The molecule has 0 aliphatic heterocycles. The standard InChI is InChI=1S/C16H19N3S/c1-11(16-12(2)20-13(3)18-16)19(4)10-15-7-5-6-14(8-15)9-17/h5-8,11H,10H2,1-4H3/t11-/m0/s1. The summed E-state index contributed by atoms with van der Waals surface area (Å²) in [5.41, 5.74) is 3.03. The SMILES string of the molecule is Cc1nc([C@H](C)N(C)Cc2cccc(C#N)c2)c(C)s1. The second-order valence-corrected chi connectivity index (χ2v) is 6.48. The predicted octanol–water partition coefficient (Wildman–Crippen LogP) is 3.82. The van der Waals surface area contributed by atoms with Gasteiger partial charge in [-0.3, -0.25) is 4.90 Å². The molecule has 0 saturated heterocycles. The molecule has 20 heavy (non-hydrogen) atoms. The Labute approximate surface area is 124 Å². The van der Waals surface area contributed by atoms with Crippen LogP contribution in [-0.2, 0) is 6.54 Å². The molecule has 2 aromatic rings. The highest BCUT2D eigenvalue weighted by molar-refractivity contribution is 7.11. The average molecular weight is 285 g/mol. The van der Waals surface area contributed by atoms with E-state index >= 15 is 0 Å². The van der Waals surface area contributed by atoms with Gasteiger partial charge in [-0.05, 0) is 45.5 Å². The first-order valence-corrected chi connectivity index (χ1v) is 7.46. The van der Waals surface area contributed by atoms with E-state index in [4.69, 9.17) is 5.26 Å². The van der Waals surface area contributed by atoms with Crippen LogP contribution in [0.25, 0.3) is 0 Å². The minimum absolute atomic E-state index is 0.269. The number of nitriles is 1. The van der Waals surface area contributed by atoms with E-state index in [2.05, 4.69) is 42.9 Å². The average Bonchev–Trinajstić information content (AvgIpc) is 2.77. The summed E-state index contributed by atoms with van der Waals surface area (Å²) in [4.78, 5) is 8.18. The fourth-order valence-electron chi connectivity index (χ4n) is 2.31. The van der Waals surface area contributed by atoms with Gasteiger partial charge in [-0.2, -0.15) is 5.26 Å².